The highest BCUT2D eigenvalue weighted by Gasteiger charge is 2.42. The summed E-state index contributed by atoms with van der Waals surface area (Å²) in [6.45, 7) is 4.20. The number of rotatable bonds is 8. The lowest BCUT2D eigenvalue weighted by Gasteiger charge is -2.38. The molecule has 0 bridgehead atoms. The smallest absolute Gasteiger partial charge is 0.323 e. The number of alkyl halides is 1. The van der Waals surface area contributed by atoms with Crippen molar-refractivity contribution >= 4 is 30.0 Å². The predicted molar refractivity (Wildman–Crippen MR) is 124 cm³/mol. The topological polar surface area (TPSA) is 116 Å². The van der Waals surface area contributed by atoms with Crippen LogP contribution in [0.4, 0.5) is 4.39 Å². The van der Waals surface area contributed by atoms with Gasteiger partial charge in [0, 0.05) is 26.1 Å². The van der Waals surface area contributed by atoms with Crippen molar-refractivity contribution in [3.05, 3.63) is 0 Å². The number of carbonyl (C=O) groups excluding carboxylic acids is 5. The second kappa shape index (κ2) is 11.9. The minimum absolute atomic E-state index is 0.0776. The van der Waals surface area contributed by atoms with Gasteiger partial charge in [-0.3, -0.25) is 24.1 Å². The fraction of sp³-hybridized carbons (Fsp3) is 0.792. The van der Waals surface area contributed by atoms with Crippen LogP contribution in [0.5, 0.6) is 0 Å². The Morgan fingerprint density at radius 3 is 2.37 bits per heavy atom. The Labute approximate surface area is 205 Å². The second-order valence-electron chi connectivity index (χ2n) is 9.96. The molecule has 0 aliphatic carbocycles. The molecule has 3 aliphatic rings. The molecule has 11 heteroatoms. The molecule has 1 N–H and O–H groups in total. The number of amides is 3. The van der Waals surface area contributed by atoms with Gasteiger partial charge in [0.05, 0.1) is 12.5 Å². The number of hydrogen-bond acceptors (Lipinski definition) is 7. The van der Waals surface area contributed by atoms with Crippen molar-refractivity contribution in [1.82, 2.24) is 20.0 Å². The molecule has 0 aromatic heterocycles. The van der Waals surface area contributed by atoms with Crippen LogP contribution >= 0.6 is 0 Å². The molecule has 196 valence electrons. The van der Waals surface area contributed by atoms with E-state index in [9.17, 15) is 28.4 Å². The van der Waals surface area contributed by atoms with E-state index in [1.165, 1.54) is 4.90 Å². The Kier molecular flexibility index (Phi) is 9.21. The van der Waals surface area contributed by atoms with Crippen molar-refractivity contribution in [3.8, 4) is 0 Å². The van der Waals surface area contributed by atoms with E-state index in [2.05, 4.69) is 5.32 Å². The van der Waals surface area contributed by atoms with Gasteiger partial charge in [0.1, 0.15) is 36.7 Å². The fourth-order valence-electron chi connectivity index (χ4n) is 5.23. The minimum atomic E-state index is -1.08. The van der Waals surface area contributed by atoms with Crippen LogP contribution in [0.25, 0.3) is 0 Å². The summed E-state index contributed by atoms with van der Waals surface area (Å²) in [5.74, 6) is -1.47. The first-order valence-electron chi connectivity index (χ1n) is 12.5. The fourth-order valence-corrected chi connectivity index (χ4v) is 5.23. The molecule has 0 saturated carbocycles. The zero-order valence-corrected chi connectivity index (χ0v) is 20.8. The monoisotopic (exact) mass is 496 g/mol. The van der Waals surface area contributed by atoms with Crippen molar-refractivity contribution in [1.29, 1.82) is 0 Å². The van der Waals surface area contributed by atoms with Gasteiger partial charge in [-0.05, 0) is 53.0 Å². The second-order valence-corrected chi connectivity index (χ2v) is 9.96. The van der Waals surface area contributed by atoms with E-state index >= 15 is 0 Å². The van der Waals surface area contributed by atoms with E-state index < -0.39 is 42.4 Å². The molecule has 3 rings (SSSR count). The molecule has 0 spiro atoms. The lowest BCUT2D eigenvalue weighted by Crippen LogP contribution is -2.58. The average Bonchev–Trinajstić information content (AvgIpc) is 3.44. The highest BCUT2D eigenvalue weighted by Crippen LogP contribution is 2.26. The highest BCUT2D eigenvalue weighted by atomic mass is 19.1. The summed E-state index contributed by atoms with van der Waals surface area (Å²) in [6.07, 6.45) is 2.08. The number of piperidine rings is 1. The number of hydrogen-bond donors (Lipinski definition) is 1. The molecule has 0 radical (unpaired) electrons. The van der Waals surface area contributed by atoms with Crippen molar-refractivity contribution in [2.24, 2.45) is 0 Å². The summed E-state index contributed by atoms with van der Waals surface area (Å²) in [5, 5.41) is 2.63. The maximum absolute atomic E-state index is 13.6. The predicted octanol–water partition coefficient (Wildman–Crippen LogP) is 0.426. The van der Waals surface area contributed by atoms with Gasteiger partial charge in [0.25, 0.3) is 0 Å². The number of nitrogens with one attached hydrogen (secondary N) is 1. The number of likely N-dealkylation sites (N-methyl/N-ethyl adjacent to an activating group) is 1. The van der Waals surface area contributed by atoms with Crippen LogP contribution in [0, 0.1) is 0 Å². The van der Waals surface area contributed by atoms with E-state index in [-0.39, 0.29) is 37.1 Å². The molecular formula is C24H37FN4O6. The Morgan fingerprint density at radius 1 is 1.03 bits per heavy atom. The quantitative estimate of drug-likeness (QED) is 0.383. The SMILES string of the molecule is CC(C=O)NC(=O)C1CCCCN1C(=O)C1CCCN1C(=O)CC(C)OC(=O)C1CC(F)CN1C. The van der Waals surface area contributed by atoms with E-state index in [0.29, 0.717) is 38.6 Å². The maximum Gasteiger partial charge on any atom is 0.323 e. The number of aldehydes is 1. The van der Waals surface area contributed by atoms with Gasteiger partial charge in [-0.2, -0.15) is 0 Å². The molecule has 0 aromatic rings. The summed E-state index contributed by atoms with van der Waals surface area (Å²) in [7, 11) is 1.66. The molecular weight excluding hydrogens is 459 g/mol. The van der Waals surface area contributed by atoms with Gasteiger partial charge in [-0.15, -0.1) is 0 Å². The van der Waals surface area contributed by atoms with Crippen LogP contribution in [0.3, 0.4) is 0 Å². The standard InChI is InChI=1S/C24H37FN4O6/c1-15(14-30)26-22(32)18-7-4-5-9-29(18)23(33)19-8-6-10-28(19)21(31)11-16(2)35-24(34)20-12-17(25)13-27(20)3/h14-20H,4-13H2,1-3H3,(H,26,32). The first kappa shape index (κ1) is 27.0. The Bertz CT molecular complexity index is 826. The zero-order chi connectivity index (χ0) is 25.7. The lowest BCUT2D eigenvalue weighted by molar-refractivity contribution is -0.156. The minimum Gasteiger partial charge on any atom is -0.461 e. The number of halogens is 1. The van der Waals surface area contributed by atoms with E-state index in [0.717, 1.165) is 12.8 Å². The van der Waals surface area contributed by atoms with Crippen LogP contribution in [-0.4, -0.2) is 108 Å². The lowest BCUT2D eigenvalue weighted by atomic mass is 9.99. The number of likely N-dealkylation sites (tertiary alicyclic amines) is 3. The van der Waals surface area contributed by atoms with Gasteiger partial charge in [0.15, 0.2) is 0 Å². The Hall–Kier alpha value is -2.56. The number of esters is 1. The molecule has 35 heavy (non-hydrogen) atoms. The molecule has 3 heterocycles. The Balaban J connectivity index is 1.59. The normalized spacial score (nSPS) is 28.9. The molecule has 3 fully saturated rings. The molecule has 3 aliphatic heterocycles. The van der Waals surface area contributed by atoms with Gasteiger partial charge in [-0.1, -0.05) is 0 Å². The van der Waals surface area contributed by atoms with E-state index in [1.54, 1.807) is 30.7 Å². The first-order valence-corrected chi connectivity index (χ1v) is 12.5. The summed E-state index contributed by atoms with van der Waals surface area (Å²) >= 11 is 0. The molecule has 3 amide bonds. The van der Waals surface area contributed by atoms with Crippen molar-refractivity contribution < 1.29 is 33.1 Å². The summed E-state index contributed by atoms with van der Waals surface area (Å²) < 4.78 is 19.0. The number of carbonyl (C=O) groups is 5. The third-order valence-electron chi connectivity index (χ3n) is 7.07. The first-order chi connectivity index (χ1) is 16.6. The van der Waals surface area contributed by atoms with Crippen molar-refractivity contribution in [3.63, 3.8) is 0 Å². The molecule has 3 saturated heterocycles. The third kappa shape index (κ3) is 6.56. The molecule has 6 atom stereocenters. The van der Waals surface area contributed by atoms with Crippen molar-refractivity contribution in [2.75, 3.05) is 26.7 Å². The third-order valence-corrected chi connectivity index (χ3v) is 7.07. The number of nitrogens with zero attached hydrogens (tertiary/aromatic N) is 3. The van der Waals surface area contributed by atoms with Crippen LogP contribution in [0.15, 0.2) is 0 Å². The average molecular weight is 497 g/mol. The van der Waals surface area contributed by atoms with Crippen LogP contribution in [-0.2, 0) is 28.7 Å². The summed E-state index contributed by atoms with van der Waals surface area (Å²) in [5.41, 5.74) is 0. The number of ether oxygens (including phenoxy) is 1. The molecule has 0 aromatic carbocycles. The molecule has 10 nitrogen and oxygen atoms in total. The zero-order valence-electron chi connectivity index (χ0n) is 20.8. The van der Waals surface area contributed by atoms with Crippen molar-refractivity contribution in [2.45, 2.75) is 95.2 Å². The maximum atomic E-state index is 13.6. The van der Waals surface area contributed by atoms with Gasteiger partial charge in [-0.25, -0.2) is 4.39 Å². The van der Waals surface area contributed by atoms with Gasteiger partial charge in [0.2, 0.25) is 17.7 Å². The summed E-state index contributed by atoms with van der Waals surface area (Å²) in [6, 6.07) is -2.64. The summed E-state index contributed by atoms with van der Waals surface area (Å²) in [4.78, 5) is 67.2. The van der Waals surface area contributed by atoms with E-state index in [4.69, 9.17) is 4.74 Å². The van der Waals surface area contributed by atoms with E-state index in [1.807, 2.05) is 0 Å². The molecule has 6 unspecified atom stereocenters. The van der Waals surface area contributed by atoms with Crippen LogP contribution in [0.2, 0.25) is 0 Å². The highest BCUT2D eigenvalue weighted by molar-refractivity contribution is 5.93. The van der Waals surface area contributed by atoms with Gasteiger partial charge >= 0.3 is 5.97 Å². The van der Waals surface area contributed by atoms with Crippen LogP contribution in [0.1, 0.15) is 58.8 Å². The van der Waals surface area contributed by atoms with Gasteiger partial charge < -0.3 is 24.6 Å². The van der Waals surface area contributed by atoms with Crippen LogP contribution < -0.4 is 5.32 Å². The Morgan fingerprint density at radius 2 is 1.71 bits per heavy atom. The largest absolute Gasteiger partial charge is 0.461 e.